The quantitative estimate of drug-likeness (QED) is 0.494. The number of benzene rings is 1. The summed E-state index contributed by atoms with van der Waals surface area (Å²) in [6, 6.07) is 5.75. The maximum atomic E-state index is 7.37. The minimum atomic E-state index is 0.0299. The standard InChI is InChI=1S/C13H17ClN2S/c14-12-7-10(5-6-11(12)13(15)16)17-8-9-3-1-2-4-9/h5-7,9H,1-4,8H2,(H3,15,16). The van der Waals surface area contributed by atoms with Crippen LogP contribution >= 0.6 is 23.4 Å². The van der Waals surface area contributed by atoms with E-state index in [1.54, 1.807) is 0 Å². The Morgan fingerprint density at radius 1 is 1.41 bits per heavy atom. The molecule has 3 N–H and O–H groups in total. The first kappa shape index (κ1) is 12.8. The lowest BCUT2D eigenvalue weighted by atomic mass is 10.1. The molecule has 0 saturated heterocycles. The highest BCUT2D eigenvalue weighted by Crippen LogP contribution is 2.32. The molecule has 2 rings (SSSR count). The zero-order chi connectivity index (χ0) is 12.3. The summed E-state index contributed by atoms with van der Waals surface area (Å²) in [6.07, 6.45) is 5.50. The zero-order valence-corrected chi connectivity index (χ0v) is 11.3. The number of halogens is 1. The highest BCUT2D eigenvalue weighted by molar-refractivity contribution is 7.99. The Morgan fingerprint density at radius 3 is 2.71 bits per heavy atom. The Balaban J connectivity index is 1.97. The van der Waals surface area contributed by atoms with E-state index in [1.807, 2.05) is 30.0 Å². The van der Waals surface area contributed by atoms with Crippen molar-refractivity contribution in [3.8, 4) is 0 Å². The van der Waals surface area contributed by atoms with E-state index in [2.05, 4.69) is 0 Å². The van der Waals surface area contributed by atoms with Gasteiger partial charge >= 0.3 is 0 Å². The van der Waals surface area contributed by atoms with Crippen molar-refractivity contribution in [1.29, 1.82) is 5.41 Å². The monoisotopic (exact) mass is 268 g/mol. The fourth-order valence-electron chi connectivity index (χ4n) is 2.20. The molecule has 92 valence electrons. The summed E-state index contributed by atoms with van der Waals surface area (Å²) in [7, 11) is 0. The average Bonchev–Trinajstić information content (AvgIpc) is 2.78. The van der Waals surface area contributed by atoms with Gasteiger partial charge in [-0.2, -0.15) is 0 Å². The lowest BCUT2D eigenvalue weighted by Crippen LogP contribution is -2.11. The predicted molar refractivity (Wildman–Crippen MR) is 75.2 cm³/mol. The lowest BCUT2D eigenvalue weighted by molar-refractivity contribution is 0.623. The molecule has 0 spiro atoms. The van der Waals surface area contributed by atoms with Crippen LogP contribution in [0.2, 0.25) is 5.02 Å². The van der Waals surface area contributed by atoms with Crippen molar-refractivity contribution < 1.29 is 0 Å². The van der Waals surface area contributed by atoms with Gasteiger partial charge in [-0.05, 0) is 37.0 Å². The van der Waals surface area contributed by atoms with E-state index in [4.69, 9.17) is 22.7 Å². The molecule has 1 saturated carbocycles. The molecular formula is C13H17ClN2S. The molecule has 0 amide bonds. The molecule has 1 aliphatic rings. The van der Waals surface area contributed by atoms with E-state index in [0.29, 0.717) is 10.6 Å². The molecule has 17 heavy (non-hydrogen) atoms. The van der Waals surface area contributed by atoms with E-state index >= 15 is 0 Å². The van der Waals surface area contributed by atoms with Crippen LogP contribution in [0.5, 0.6) is 0 Å². The second kappa shape index (κ2) is 5.78. The molecular weight excluding hydrogens is 252 g/mol. The van der Waals surface area contributed by atoms with Crippen molar-refractivity contribution in [1.82, 2.24) is 0 Å². The molecule has 0 atom stereocenters. The van der Waals surface area contributed by atoms with Crippen LogP contribution in [0.15, 0.2) is 23.1 Å². The van der Waals surface area contributed by atoms with Gasteiger partial charge in [0.25, 0.3) is 0 Å². The second-order valence-electron chi connectivity index (χ2n) is 4.52. The number of hydrogen-bond donors (Lipinski definition) is 2. The first-order valence-corrected chi connectivity index (χ1v) is 7.30. The summed E-state index contributed by atoms with van der Waals surface area (Å²) in [4.78, 5) is 1.17. The van der Waals surface area contributed by atoms with Crippen LogP contribution < -0.4 is 5.73 Å². The van der Waals surface area contributed by atoms with Gasteiger partial charge in [0, 0.05) is 16.2 Å². The van der Waals surface area contributed by atoms with Crippen molar-refractivity contribution in [2.75, 3.05) is 5.75 Å². The van der Waals surface area contributed by atoms with Crippen LogP contribution in [0, 0.1) is 11.3 Å². The first-order valence-electron chi connectivity index (χ1n) is 5.93. The smallest absolute Gasteiger partial charge is 0.124 e. The van der Waals surface area contributed by atoms with Crippen molar-refractivity contribution >= 4 is 29.2 Å². The highest BCUT2D eigenvalue weighted by atomic mass is 35.5. The normalized spacial score (nSPS) is 16.3. The number of nitrogen functional groups attached to an aromatic ring is 1. The molecule has 0 bridgehead atoms. The van der Waals surface area contributed by atoms with E-state index in [-0.39, 0.29) is 5.84 Å². The second-order valence-corrected chi connectivity index (χ2v) is 6.02. The summed E-state index contributed by atoms with van der Waals surface area (Å²) in [5, 5.41) is 7.95. The lowest BCUT2D eigenvalue weighted by Gasteiger charge is -2.09. The third-order valence-corrected chi connectivity index (χ3v) is 4.73. The van der Waals surface area contributed by atoms with Gasteiger partial charge in [-0.3, -0.25) is 5.41 Å². The van der Waals surface area contributed by atoms with E-state index in [9.17, 15) is 0 Å². The Hall–Kier alpha value is -0.670. The number of thioether (sulfide) groups is 1. The number of amidine groups is 1. The Kier molecular flexibility index (Phi) is 4.35. The van der Waals surface area contributed by atoms with E-state index in [0.717, 1.165) is 5.92 Å². The first-order chi connectivity index (χ1) is 8.16. The molecule has 4 heteroatoms. The maximum absolute atomic E-state index is 7.37. The molecule has 0 aromatic heterocycles. The van der Waals surface area contributed by atoms with Crippen molar-refractivity contribution in [2.45, 2.75) is 30.6 Å². The predicted octanol–water partition coefficient (Wildman–Crippen LogP) is 3.91. The van der Waals surface area contributed by atoms with Crippen LogP contribution in [0.25, 0.3) is 0 Å². The van der Waals surface area contributed by atoms with Crippen LogP contribution in [0.3, 0.4) is 0 Å². The fraction of sp³-hybridized carbons (Fsp3) is 0.462. The topological polar surface area (TPSA) is 49.9 Å². The van der Waals surface area contributed by atoms with Crippen molar-refractivity contribution in [2.24, 2.45) is 11.7 Å². The zero-order valence-electron chi connectivity index (χ0n) is 9.71. The van der Waals surface area contributed by atoms with Gasteiger partial charge < -0.3 is 5.73 Å². The van der Waals surface area contributed by atoms with Gasteiger partial charge in [-0.25, -0.2) is 0 Å². The summed E-state index contributed by atoms with van der Waals surface area (Å²) in [5.41, 5.74) is 6.05. The Bertz CT molecular complexity index is 414. The van der Waals surface area contributed by atoms with Crippen molar-refractivity contribution in [3.63, 3.8) is 0 Å². The van der Waals surface area contributed by atoms with Gasteiger partial charge in [0.1, 0.15) is 5.84 Å². The van der Waals surface area contributed by atoms with Crippen LogP contribution in [0.4, 0.5) is 0 Å². The van der Waals surface area contributed by atoms with E-state index in [1.165, 1.54) is 36.3 Å². The summed E-state index contributed by atoms with van der Waals surface area (Å²) in [5.74, 6) is 2.07. The maximum Gasteiger partial charge on any atom is 0.124 e. The SMILES string of the molecule is N=C(N)c1ccc(SCC2CCCC2)cc1Cl. The molecule has 0 unspecified atom stereocenters. The van der Waals surface area contributed by atoms with Gasteiger partial charge in [0.15, 0.2) is 0 Å². The summed E-state index contributed by atoms with van der Waals surface area (Å²) in [6.45, 7) is 0. The van der Waals surface area contributed by atoms with Crippen LogP contribution in [0.1, 0.15) is 31.2 Å². The number of nitrogens with one attached hydrogen (secondary N) is 1. The largest absolute Gasteiger partial charge is 0.384 e. The Labute approximate surface area is 111 Å². The molecule has 0 heterocycles. The summed E-state index contributed by atoms with van der Waals surface area (Å²) >= 11 is 7.94. The minimum absolute atomic E-state index is 0.0299. The molecule has 1 fully saturated rings. The molecule has 2 nitrogen and oxygen atoms in total. The number of hydrogen-bond acceptors (Lipinski definition) is 2. The van der Waals surface area contributed by atoms with Gasteiger partial charge in [-0.15, -0.1) is 11.8 Å². The third kappa shape index (κ3) is 3.39. The molecule has 0 radical (unpaired) electrons. The number of rotatable bonds is 4. The third-order valence-electron chi connectivity index (χ3n) is 3.19. The van der Waals surface area contributed by atoms with Crippen molar-refractivity contribution in [3.05, 3.63) is 28.8 Å². The van der Waals surface area contributed by atoms with Crippen LogP contribution in [-0.4, -0.2) is 11.6 Å². The molecule has 1 aromatic rings. The molecule has 1 aliphatic carbocycles. The fourth-order valence-corrected chi connectivity index (χ4v) is 3.67. The van der Waals surface area contributed by atoms with Gasteiger partial charge in [0.2, 0.25) is 0 Å². The van der Waals surface area contributed by atoms with Gasteiger partial charge in [-0.1, -0.05) is 24.4 Å². The molecule has 1 aromatic carbocycles. The van der Waals surface area contributed by atoms with Gasteiger partial charge in [0.05, 0.1) is 5.02 Å². The van der Waals surface area contributed by atoms with E-state index < -0.39 is 0 Å². The average molecular weight is 269 g/mol. The Morgan fingerprint density at radius 2 is 2.12 bits per heavy atom. The molecule has 0 aliphatic heterocycles. The number of nitrogens with two attached hydrogens (primary N) is 1. The highest BCUT2D eigenvalue weighted by Gasteiger charge is 2.15. The minimum Gasteiger partial charge on any atom is -0.384 e. The summed E-state index contributed by atoms with van der Waals surface area (Å²) < 4.78 is 0. The van der Waals surface area contributed by atoms with Crippen LogP contribution in [-0.2, 0) is 0 Å².